The van der Waals surface area contributed by atoms with Gasteiger partial charge < -0.3 is 4.57 Å². The molecule has 4 aromatic carbocycles. The number of para-hydroxylation sites is 1. The van der Waals surface area contributed by atoms with Gasteiger partial charge in [0.25, 0.3) is 0 Å². The first-order valence-electron chi connectivity index (χ1n) is 14.6. The van der Waals surface area contributed by atoms with Gasteiger partial charge in [-0.3, -0.25) is 4.98 Å². The van der Waals surface area contributed by atoms with Crippen LogP contribution >= 0.6 is 0 Å². The van der Waals surface area contributed by atoms with Crippen molar-refractivity contribution in [2.45, 2.75) is 25.9 Å². The molecule has 0 N–H and O–H groups in total. The van der Waals surface area contributed by atoms with E-state index in [4.69, 9.17) is 0 Å². The van der Waals surface area contributed by atoms with E-state index >= 15 is 0 Å². The minimum absolute atomic E-state index is 0.593. The summed E-state index contributed by atoms with van der Waals surface area (Å²) in [5.41, 5.74) is 11.7. The van der Waals surface area contributed by atoms with Crippen LogP contribution in [0.25, 0.3) is 55.3 Å². The van der Waals surface area contributed by atoms with E-state index in [1.54, 1.807) is 22.8 Å². The SMILES string of the molecule is C[Si]1(C)c2ccccc2-c2ccc3c(c21)c1ccccc1n3C1=CC(c2cccc(-c3ccncc3C#N)c2)=CCC1. The van der Waals surface area contributed by atoms with E-state index in [1.165, 1.54) is 44.2 Å². The molecule has 8 rings (SSSR count). The highest BCUT2D eigenvalue weighted by atomic mass is 28.3. The molecule has 0 bridgehead atoms. The van der Waals surface area contributed by atoms with Crippen molar-refractivity contribution in [3.63, 3.8) is 0 Å². The van der Waals surface area contributed by atoms with Crippen molar-refractivity contribution in [3.05, 3.63) is 127 Å². The zero-order valence-electron chi connectivity index (χ0n) is 23.7. The third-order valence-electron chi connectivity index (χ3n) is 9.18. The lowest BCUT2D eigenvalue weighted by Gasteiger charge is -2.21. The van der Waals surface area contributed by atoms with Crippen molar-refractivity contribution in [2.24, 2.45) is 0 Å². The smallest absolute Gasteiger partial charge is 0.114 e. The van der Waals surface area contributed by atoms with E-state index in [0.29, 0.717) is 5.56 Å². The molecular weight excluding hydrogens is 527 g/mol. The zero-order valence-corrected chi connectivity index (χ0v) is 24.7. The van der Waals surface area contributed by atoms with E-state index in [-0.39, 0.29) is 0 Å². The number of aromatic nitrogens is 2. The quantitative estimate of drug-likeness (QED) is 0.206. The summed E-state index contributed by atoms with van der Waals surface area (Å²) in [5.74, 6) is 0. The molecule has 200 valence electrons. The highest BCUT2D eigenvalue weighted by Crippen LogP contribution is 2.40. The Kier molecular flexibility index (Phi) is 5.47. The molecule has 4 heteroatoms. The van der Waals surface area contributed by atoms with Crippen LogP contribution in [0, 0.1) is 11.3 Å². The van der Waals surface area contributed by atoms with Crippen LogP contribution in [-0.4, -0.2) is 17.6 Å². The molecule has 0 saturated carbocycles. The lowest BCUT2D eigenvalue weighted by Crippen LogP contribution is -2.49. The summed E-state index contributed by atoms with van der Waals surface area (Å²) in [6.45, 7) is 5.02. The van der Waals surface area contributed by atoms with Gasteiger partial charge in [-0.1, -0.05) is 85.9 Å². The molecule has 1 aliphatic carbocycles. The lowest BCUT2D eigenvalue weighted by molar-refractivity contribution is 0.983. The van der Waals surface area contributed by atoms with Crippen molar-refractivity contribution in [1.82, 2.24) is 9.55 Å². The van der Waals surface area contributed by atoms with Crippen LogP contribution < -0.4 is 10.4 Å². The minimum Gasteiger partial charge on any atom is -0.313 e. The van der Waals surface area contributed by atoms with Crippen LogP contribution in [0.5, 0.6) is 0 Å². The van der Waals surface area contributed by atoms with Crippen LogP contribution in [0.3, 0.4) is 0 Å². The Morgan fingerprint density at radius 2 is 1.64 bits per heavy atom. The first-order valence-corrected chi connectivity index (χ1v) is 17.6. The summed E-state index contributed by atoms with van der Waals surface area (Å²) >= 11 is 0. The van der Waals surface area contributed by atoms with E-state index in [1.807, 2.05) is 6.07 Å². The standard InChI is InChI=1S/C38H29N3Si/c1-42(2)36-16-6-4-13-31(36)32-17-18-35-37(38(32)42)33-14-3-5-15-34(33)41(35)29-12-8-10-26(22-29)25-9-7-11-27(21-25)30-19-20-40-24-28(30)23-39/h3-7,9-11,13-22,24H,8,12H2,1-2H3. The molecule has 0 amide bonds. The maximum Gasteiger partial charge on any atom is 0.114 e. The van der Waals surface area contributed by atoms with Gasteiger partial charge in [-0.15, -0.1) is 0 Å². The third-order valence-corrected chi connectivity index (χ3v) is 12.7. The van der Waals surface area contributed by atoms with Gasteiger partial charge in [0.1, 0.15) is 14.1 Å². The molecule has 0 saturated heterocycles. The topological polar surface area (TPSA) is 41.6 Å². The van der Waals surface area contributed by atoms with Gasteiger partial charge in [0.05, 0.1) is 16.6 Å². The number of hydrogen-bond donors (Lipinski definition) is 0. The number of nitriles is 1. The fourth-order valence-electron chi connectivity index (χ4n) is 7.31. The van der Waals surface area contributed by atoms with Crippen molar-refractivity contribution in [2.75, 3.05) is 0 Å². The fraction of sp³-hybridized carbons (Fsp3) is 0.105. The first kappa shape index (κ1) is 24.8. The van der Waals surface area contributed by atoms with Crippen LogP contribution in [0.4, 0.5) is 0 Å². The van der Waals surface area contributed by atoms with Crippen molar-refractivity contribution in [1.29, 1.82) is 5.26 Å². The molecule has 3 nitrogen and oxygen atoms in total. The molecule has 42 heavy (non-hydrogen) atoms. The number of pyridine rings is 1. The molecule has 0 unspecified atom stereocenters. The van der Waals surface area contributed by atoms with Crippen molar-refractivity contribution < 1.29 is 0 Å². The predicted octanol–water partition coefficient (Wildman–Crippen LogP) is 8.25. The highest BCUT2D eigenvalue weighted by molar-refractivity contribution is 7.05. The average molecular weight is 556 g/mol. The van der Waals surface area contributed by atoms with Gasteiger partial charge in [-0.05, 0) is 81.4 Å². The van der Waals surface area contributed by atoms with E-state index < -0.39 is 8.07 Å². The normalized spacial score (nSPS) is 15.2. The fourth-order valence-corrected chi connectivity index (χ4v) is 10.8. The third kappa shape index (κ3) is 3.54. The van der Waals surface area contributed by atoms with Crippen LogP contribution in [-0.2, 0) is 0 Å². The second-order valence-electron chi connectivity index (χ2n) is 11.9. The van der Waals surface area contributed by atoms with Crippen LogP contribution in [0.2, 0.25) is 13.1 Å². The van der Waals surface area contributed by atoms with Crippen molar-refractivity contribution >= 4 is 51.5 Å². The summed E-state index contributed by atoms with van der Waals surface area (Å²) in [7, 11) is -1.88. The molecule has 0 atom stereocenters. The van der Waals surface area contributed by atoms with Gasteiger partial charge >= 0.3 is 0 Å². The summed E-state index contributed by atoms with van der Waals surface area (Å²) in [6, 6.07) is 35.5. The highest BCUT2D eigenvalue weighted by Gasteiger charge is 2.39. The number of nitrogens with zero attached hydrogens (tertiary/aromatic N) is 3. The zero-order chi connectivity index (χ0) is 28.4. The summed E-state index contributed by atoms with van der Waals surface area (Å²) in [5, 5.41) is 15.5. The summed E-state index contributed by atoms with van der Waals surface area (Å²) < 4.78 is 2.52. The Labute approximate surface area is 246 Å². The Balaban J connectivity index is 1.31. The van der Waals surface area contributed by atoms with Crippen LogP contribution in [0.15, 0.2) is 116 Å². The van der Waals surface area contributed by atoms with E-state index in [9.17, 15) is 5.26 Å². The molecule has 1 aliphatic heterocycles. The second-order valence-corrected chi connectivity index (χ2v) is 16.1. The summed E-state index contributed by atoms with van der Waals surface area (Å²) in [4.78, 5) is 4.14. The minimum atomic E-state index is -1.88. The van der Waals surface area contributed by atoms with Crippen molar-refractivity contribution in [3.8, 4) is 28.3 Å². The first-order chi connectivity index (χ1) is 20.6. The lowest BCUT2D eigenvalue weighted by atomic mass is 9.94. The Morgan fingerprint density at radius 1 is 0.810 bits per heavy atom. The molecule has 0 spiro atoms. The Hall–Kier alpha value is -4.98. The number of allylic oxidation sites excluding steroid dienone is 4. The van der Waals surface area contributed by atoms with Gasteiger partial charge in [0.2, 0.25) is 0 Å². The van der Waals surface area contributed by atoms with E-state index in [2.05, 4.69) is 126 Å². The average Bonchev–Trinajstić information content (AvgIpc) is 3.50. The Morgan fingerprint density at radius 3 is 2.55 bits per heavy atom. The largest absolute Gasteiger partial charge is 0.313 e. The maximum atomic E-state index is 9.64. The van der Waals surface area contributed by atoms with Gasteiger partial charge in [0.15, 0.2) is 0 Å². The number of hydrogen-bond acceptors (Lipinski definition) is 2. The molecule has 0 fully saturated rings. The Bertz CT molecular complexity index is 2190. The molecule has 0 radical (unpaired) electrons. The molecule has 2 aliphatic rings. The molecule has 6 aromatic rings. The predicted molar refractivity (Wildman–Crippen MR) is 178 cm³/mol. The maximum absolute atomic E-state index is 9.64. The number of fused-ring (bicyclic) bond motifs is 7. The molecule has 2 aromatic heterocycles. The molecular formula is C38H29N3Si. The number of rotatable bonds is 3. The molecule has 3 heterocycles. The van der Waals surface area contributed by atoms with E-state index in [0.717, 1.165) is 29.5 Å². The van der Waals surface area contributed by atoms with Gasteiger partial charge in [-0.25, -0.2) is 0 Å². The van der Waals surface area contributed by atoms with Crippen LogP contribution in [0.1, 0.15) is 24.0 Å². The number of benzene rings is 4. The summed E-state index contributed by atoms with van der Waals surface area (Å²) in [6.07, 6.45) is 10.1. The van der Waals surface area contributed by atoms with Gasteiger partial charge in [-0.2, -0.15) is 5.26 Å². The van der Waals surface area contributed by atoms with Gasteiger partial charge in [0, 0.05) is 34.4 Å². The monoisotopic (exact) mass is 555 g/mol. The second kappa shape index (κ2) is 9.27.